The molecule has 0 spiro atoms. The van der Waals surface area contributed by atoms with Crippen molar-refractivity contribution in [2.45, 2.75) is 20.3 Å². The Morgan fingerprint density at radius 3 is 2.68 bits per heavy atom. The molecule has 0 aliphatic rings. The van der Waals surface area contributed by atoms with Gasteiger partial charge in [0.15, 0.2) is 5.11 Å². The third-order valence-electron chi connectivity index (χ3n) is 4.21. The molecule has 146 valence electrons. The second-order valence-electron chi connectivity index (χ2n) is 6.18. The lowest BCUT2D eigenvalue weighted by molar-refractivity contribution is 0.0528. The molecule has 2 N–H and O–H groups in total. The van der Waals surface area contributed by atoms with Gasteiger partial charge in [-0.15, -0.1) is 11.3 Å². The van der Waals surface area contributed by atoms with Crippen molar-refractivity contribution in [3.05, 3.63) is 64.3 Å². The third-order valence-corrected chi connectivity index (χ3v) is 5.46. The monoisotopic (exact) mass is 414 g/mol. The summed E-state index contributed by atoms with van der Waals surface area (Å²) in [5.74, 6) is -0.360. The minimum absolute atomic E-state index is 0.319. The third kappa shape index (κ3) is 4.76. The van der Waals surface area contributed by atoms with Crippen LogP contribution in [0, 0.1) is 6.92 Å². The number of ether oxygens (including phenoxy) is 1. The fraction of sp³-hybridized carbons (Fsp3) is 0.250. The molecule has 28 heavy (non-hydrogen) atoms. The second kappa shape index (κ2) is 8.99. The average Bonchev–Trinajstić information content (AvgIpc) is 3.20. The van der Waals surface area contributed by atoms with E-state index in [2.05, 4.69) is 27.9 Å². The Balaban J connectivity index is 1.80. The van der Waals surface area contributed by atoms with Crippen LogP contribution in [-0.4, -0.2) is 27.5 Å². The first-order valence-electron chi connectivity index (χ1n) is 8.88. The maximum absolute atomic E-state index is 12.4. The molecule has 0 atom stereocenters. The summed E-state index contributed by atoms with van der Waals surface area (Å²) >= 11 is 6.93. The maximum Gasteiger partial charge on any atom is 0.341 e. The number of rotatable bonds is 6. The van der Waals surface area contributed by atoms with Gasteiger partial charge >= 0.3 is 5.97 Å². The van der Waals surface area contributed by atoms with Crippen LogP contribution in [0.3, 0.4) is 0 Å². The molecule has 3 aromatic rings. The molecule has 0 aliphatic carbocycles. The van der Waals surface area contributed by atoms with E-state index in [1.54, 1.807) is 17.8 Å². The second-order valence-corrected chi connectivity index (χ2v) is 7.73. The van der Waals surface area contributed by atoms with Gasteiger partial charge in [0.25, 0.3) is 0 Å². The van der Waals surface area contributed by atoms with Crippen LogP contribution in [0.2, 0.25) is 0 Å². The van der Waals surface area contributed by atoms with Crippen molar-refractivity contribution < 1.29 is 9.53 Å². The van der Waals surface area contributed by atoms with E-state index >= 15 is 0 Å². The summed E-state index contributed by atoms with van der Waals surface area (Å²) in [4.78, 5) is 13.4. The molecule has 0 saturated carbocycles. The minimum atomic E-state index is -0.360. The van der Waals surface area contributed by atoms with Crippen LogP contribution in [0.1, 0.15) is 33.4 Å². The Morgan fingerprint density at radius 2 is 2.04 bits per heavy atom. The topological polar surface area (TPSA) is 68.2 Å². The number of aromatic nitrogens is 2. The van der Waals surface area contributed by atoms with Crippen LogP contribution < -0.4 is 10.6 Å². The van der Waals surface area contributed by atoms with E-state index in [1.165, 1.54) is 16.9 Å². The van der Waals surface area contributed by atoms with Crippen LogP contribution in [0.25, 0.3) is 0 Å². The standard InChI is InChI=1S/C20H22N4O2S2/c1-4-26-19(25)16-11-15(10-14-8-6-5-7-9-14)28-18(16)23-20(27)22-17-12-21-24(3)13(17)2/h5-9,11-12H,4,10H2,1-3H3,(H2,22,23,27). The Labute approximate surface area is 173 Å². The number of nitrogens with zero attached hydrogens (tertiary/aromatic N) is 2. The van der Waals surface area contributed by atoms with Gasteiger partial charge in [0.05, 0.1) is 29.7 Å². The van der Waals surface area contributed by atoms with Crippen LogP contribution >= 0.6 is 23.6 Å². The number of nitrogens with one attached hydrogen (secondary N) is 2. The number of carbonyl (C=O) groups is 1. The molecule has 0 fully saturated rings. The van der Waals surface area contributed by atoms with Crippen LogP contribution in [-0.2, 0) is 18.2 Å². The van der Waals surface area contributed by atoms with Gasteiger partial charge in [-0.3, -0.25) is 4.68 Å². The largest absolute Gasteiger partial charge is 0.462 e. The Kier molecular flexibility index (Phi) is 6.43. The highest BCUT2D eigenvalue weighted by molar-refractivity contribution is 7.80. The van der Waals surface area contributed by atoms with Crippen molar-refractivity contribution in [3.8, 4) is 0 Å². The lowest BCUT2D eigenvalue weighted by Crippen LogP contribution is -2.20. The molecule has 0 amide bonds. The lowest BCUT2D eigenvalue weighted by atomic mass is 10.1. The number of carbonyl (C=O) groups excluding carboxylic acids is 1. The molecule has 2 aromatic heterocycles. The van der Waals surface area contributed by atoms with Crippen molar-refractivity contribution in [3.63, 3.8) is 0 Å². The van der Waals surface area contributed by atoms with Gasteiger partial charge in [0.1, 0.15) is 5.00 Å². The molecular weight excluding hydrogens is 392 g/mol. The van der Waals surface area contributed by atoms with Crippen LogP contribution in [0.5, 0.6) is 0 Å². The van der Waals surface area contributed by atoms with E-state index < -0.39 is 0 Å². The summed E-state index contributed by atoms with van der Waals surface area (Å²) < 4.78 is 6.97. The highest BCUT2D eigenvalue weighted by Crippen LogP contribution is 2.31. The quantitative estimate of drug-likeness (QED) is 0.461. The lowest BCUT2D eigenvalue weighted by Gasteiger charge is -2.10. The maximum atomic E-state index is 12.4. The highest BCUT2D eigenvalue weighted by atomic mass is 32.1. The Bertz CT molecular complexity index is 980. The molecule has 0 saturated heterocycles. The van der Waals surface area contributed by atoms with E-state index in [-0.39, 0.29) is 5.97 Å². The van der Waals surface area contributed by atoms with E-state index in [0.29, 0.717) is 22.3 Å². The fourth-order valence-corrected chi connectivity index (χ4v) is 4.02. The van der Waals surface area contributed by atoms with Crippen molar-refractivity contribution in [1.82, 2.24) is 9.78 Å². The predicted octanol–water partition coefficient (Wildman–Crippen LogP) is 4.37. The molecule has 0 bridgehead atoms. The van der Waals surface area contributed by atoms with Gasteiger partial charge in [0.2, 0.25) is 0 Å². The van der Waals surface area contributed by atoms with Gasteiger partial charge in [-0.05, 0) is 37.7 Å². The molecule has 0 radical (unpaired) electrons. The molecule has 8 heteroatoms. The van der Waals surface area contributed by atoms with E-state index in [0.717, 1.165) is 22.7 Å². The zero-order chi connectivity index (χ0) is 20.1. The van der Waals surface area contributed by atoms with Gasteiger partial charge in [-0.2, -0.15) is 5.10 Å². The van der Waals surface area contributed by atoms with Crippen molar-refractivity contribution in [2.24, 2.45) is 7.05 Å². The number of aryl methyl sites for hydroxylation is 1. The van der Waals surface area contributed by atoms with Crippen molar-refractivity contribution in [1.29, 1.82) is 0 Å². The highest BCUT2D eigenvalue weighted by Gasteiger charge is 2.19. The summed E-state index contributed by atoms with van der Waals surface area (Å²) in [5, 5.41) is 11.5. The zero-order valence-corrected chi connectivity index (χ0v) is 17.6. The van der Waals surface area contributed by atoms with E-state index in [9.17, 15) is 4.79 Å². The molecular formula is C20H22N4O2S2. The predicted molar refractivity (Wildman–Crippen MR) is 117 cm³/mol. The normalized spacial score (nSPS) is 10.5. The molecule has 2 heterocycles. The molecule has 1 aromatic carbocycles. The number of benzene rings is 1. The number of hydrogen-bond acceptors (Lipinski definition) is 5. The first kappa shape index (κ1) is 20.0. The first-order valence-corrected chi connectivity index (χ1v) is 10.1. The Hall–Kier alpha value is -2.71. The zero-order valence-electron chi connectivity index (χ0n) is 16.0. The number of thiophene rings is 1. The van der Waals surface area contributed by atoms with Crippen molar-refractivity contribution >= 4 is 45.3 Å². The van der Waals surface area contributed by atoms with Gasteiger partial charge < -0.3 is 15.4 Å². The van der Waals surface area contributed by atoms with Gasteiger partial charge in [-0.25, -0.2) is 4.79 Å². The summed E-state index contributed by atoms with van der Waals surface area (Å²) in [7, 11) is 1.87. The summed E-state index contributed by atoms with van der Waals surface area (Å²) in [5.41, 5.74) is 3.45. The molecule has 0 aliphatic heterocycles. The van der Waals surface area contributed by atoms with Crippen molar-refractivity contribution in [2.75, 3.05) is 17.2 Å². The number of esters is 1. The van der Waals surface area contributed by atoms with E-state index in [1.807, 2.05) is 38.2 Å². The summed E-state index contributed by atoms with van der Waals surface area (Å²) in [6, 6.07) is 12.0. The summed E-state index contributed by atoms with van der Waals surface area (Å²) in [6.07, 6.45) is 2.45. The minimum Gasteiger partial charge on any atom is -0.462 e. The number of hydrogen-bond donors (Lipinski definition) is 2. The molecule has 6 nitrogen and oxygen atoms in total. The van der Waals surface area contributed by atoms with Gasteiger partial charge in [0, 0.05) is 18.3 Å². The SMILES string of the molecule is CCOC(=O)c1cc(Cc2ccccc2)sc1NC(=S)Nc1cnn(C)c1C. The summed E-state index contributed by atoms with van der Waals surface area (Å²) in [6.45, 7) is 4.06. The number of thiocarbonyl (C=S) groups is 1. The first-order chi connectivity index (χ1) is 13.5. The fourth-order valence-electron chi connectivity index (χ4n) is 2.66. The van der Waals surface area contributed by atoms with E-state index in [4.69, 9.17) is 17.0 Å². The Morgan fingerprint density at radius 1 is 1.29 bits per heavy atom. The molecule has 3 rings (SSSR count). The van der Waals surface area contributed by atoms with Gasteiger partial charge in [-0.1, -0.05) is 30.3 Å². The molecule has 0 unspecified atom stereocenters. The van der Waals surface area contributed by atoms with Crippen LogP contribution in [0.4, 0.5) is 10.7 Å². The van der Waals surface area contributed by atoms with Crippen LogP contribution in [0.15, 0.2) is 42.6 Å². The average molecular weight is 415 g/mol. The smallest absolute Gasteiger partial charge is 0.341 e. The number of anilines is 2.